The third kappa shape index (κ3) is 4.60. The SMILES string of the molecule is CCCNC1CCN(C(=O)CC(C)CC)CC1C. The number of nitrogens with zero attached hydrogens (tertiary/aromatic N) is 1. The molecule has 1 aliphatic heterocycles. The number of carbonyl (C=O) groups excluding carboxylic acids is 1. The molecule has 0 spiro atoms. The second-order valence-electron chi connectivity index (χ2n) is 5.88. The predicted molar refractivity (Wildman–Crippen MR) is 76.5 cm³/mol. The fourth-order valence-corrected chi connectivity index (χ4v) is 2.58. The summed E-state index contributed by atoms with van der Waals surface area (Å²) in [4.78, 5) is 14.2. The first kappa shape index (κ1) is 15.5. The molecule has 1 aliphatic rings. The van der Waals surface area contributed by atoms with Gasteiger partial charge in [0.2, 0.25) is 5.91 Å². The van der Waals surface area contributed by atoms with Crippen molar-refractivity contribution in [3.05, 3.63) is 0 Å². The molecule has 1 N–H and O–H groups in total. The summed E-state index contributed by atoms with van der Waals surface area (Å²) in [6, 6.07) is 0.595. The molecule has 1 fully saturated rings. The van der Waals surface area contributed by atoms with E-state index in [2.05, 4.69) is 37.9 Å². The van der Waals surface area contributed by atoms with Crippen LogP contribution in [-0.2, 0) is 4.79 Å². The highest BCUT2D eigenvalue weighted by molar-refractivity contribution is 5.76. The summed E-state index contributed by atoms with van der Waals surface area (Å²) in [6.45, 7) is 11.7. The van der Waals surface area contributed by atoms with E-state index in [1.807, 2.05) is 0 Å². The quantitative estimate of drug-likeness (QED) is 0.790. The average molecular weight is 254 g/mol. The smallest absolute Gasteiger partial charge is 0.222 e. The molecule has 3 nitrogen and oxygen atoms in total. The second kappa shape index (κ2) is 7.78. The lowest BCUT2D eigenvalue weighted by Crippen LogP contribution is -2.50. The van der Waals surface area contributed by atoms with Gasteiger partial charge in [-0.05, 0) is 31.2 Å². The zero-order valence-electron chi connectivity index (χ0n) is 12.5. The van der Waals surface area contributed by atoms with Gasteiger partial charge in [-0.25, -0.2) is 0 Å². The van der Waals surface area contributed by atoms with Crippen LogP contribution in [0.25, 0.3) is 0 Å². The Hall–Kier alpha value is -0.570. The molecule has 0 aromatic heterocycles. The lowest BCUT2D eigenvalue weighted by Gasteiger charge is -2.38. The van der Waals surface area contributed by atoms with Crippen LogP contribution in [0.4, 0.5) is 0 Å². The topological polar surface area (TPSA) is 32.3 Å². The van der Waals surface area contributed by atoms with Gasteiger partial charge in [-0.1, -0.05) is 34.1 Å². The molecule has 0 saturated carbocycles. The molecule has 3 heteroatoms. The second-order valence-corrected chi connectivity index (χ2v) is 5.88. The number of amides is 1. The van der Waals surface area contributed by atoms with Crippen molar-refractivity contribution in [2.45, 2.75) is 59.4 Å². The lowest BCUT2D eigenvalue weighted by atomic mass is 9.93. The molecule has 18 heavy (non-hydrogen) atoms. The molecule has 1 amide bonds. The van der Waals surface area contributed by atoms with Gasteiger partial charge in [0.25, 0.3) is 0 Å². The molecule has 3 unspecified atom stereocenters. The van der Waals surface area contributed by atoms with Crippen LogP contribution in [0.3, 0.4) is 0 Å². The van der Waals surface area contributed by atoms with Gasteiger partial charge in [0, 0.05) is 25.6 Å². The van der Waals surface area contributed by atoms with E-state index in [4.69, 9.17) is 0 Å². The van der Waals surface area contributed by atoms with Gasteiger partial charge < -0.3 is 10.2 Å². The summed E-state index contributed by atoms with van der Waals surface area (Å²) in [6.07, 6.45) is 4.10. The van der Waals surface area contributed by atoms with Gasteiger partial charge in [0.15, 0.2) is 0 Å². The maximum atomic E-state index is 12.1. The van der Waals surface area contributed by atoms with Crippen molar-refractivity contribution in [1.29, 1.82) is 0 Å². The third-order valence-corrected chi connectivity index (χ3v) is 4.13. The Morgan fingerprint density at radius 2 is 2.17 bits per heavy atom. The molecule has 0 radical (unpaired) electrons. The normalized spacial score (nSPS) is 26.1. The van der Waals surface area contributed by atoms with Gasteiger partial charge in [-0.15, -0.1) is 0 Å². The monoisotopic (exact) mass is 254 g/mol. The maximum absolute atomic E-state index is 12.1. The van der Waals surface area contributed by atoms with Gasteiger partial charge in [0.1, 0.15) is 0 Å². The van der Waals surface area contributed by atoms with Crippen molar-refractivity contribution in [2.75, 3.05) is 19.6 Å². The van der Waals surface area contributed by atoms with Crippen molar-refractivity contribution in [3.63, 3.8) is 0 Å². The first-order valence-electron chi connectivity index (χ1n) is 7.59. The minimum Gasteiger partial charge on any atom is -0.342 e. The Balaban J connectivity index is 2.37. The number of rotatable bonds is 6. The van der Waals surface area contributed by atoms with E-state index in [1.165, 1.54) is 6.42 Å². The van der Waals surface area contributed by atoms with E-state index >= 15 is 0 Å². The van der Waals surface area contributed by atoms with Gasteiger partial charge >= 0.3 is 0 Å². The Bertz CT molecular complexity index is 255. The maximum Gasteiger partial charge on any atom is 0.222 e. The molecule has 3 atom stereocenters. The van der Waals surface area contributed by atoms with Crippen molar-refractivity contribution in [3.8, 4) is 0 Å². The minimum absolute atomic E-state index is 0.352. The first-order chi connectivity index (χ1) is 8.58. The summed E-state index contributed by atoms with van der Waals surface area (Å²) in [7, 11) is 0. The van der Waals surface area contributed by atoms with Crippen LogP contribution in [-0.4, -0.2) is 36.5 Å². The number of piperidine rings is 1. The molecule has 0 bridgehead atoms. The van der Waals surface area contributed by atoms with E-state index in [0.29, 0.717) is 23.8 Å². The number of nitrogens with one attached hydrogen (secondary N) is 1. The molecule has 106 valence electrons. The third-order valence-electron chi connectivity index (χ3n) is 4.13. The minimum atomic E-state index is 0.352. The number of hydrogen-bond acceptors (Lipinski definition) is 2. The highest BCUT2D eigenvalue weighted by Gasteiger charge is 2.28. The molecule has 1 saturated heterocycles. The largest absolute Gasteiger partial charge is 0.342 e. The molecule has 0 aromatic carbocycles. The van der Waals surface area contributed by atoms with Crippen LogP contribution >= 0.6 is 0 Å². The van der Waals surface area contributed by atoms with Crippen molar-refractivity contribution in [1.82, 2.24) is 10.2 Å². The molecule has 1 rings (SSSR count). The number of carbonyl (C=O) groups is 1. The van der Waals surface area contributed by atoms with Crippen LogP contribution in [0.15, 0.2) is 0 Å². The van der Waals surface area contributed by atoms with Gasteiger partial charge in [0.05, 0.1) is 0 Å². The zero-order valence-corrected chi connectivity index (χ0v) is 12.5. The average Bonchev–Trinajstić information content (AvgIpc) is 2.37. The van der Waals surface area contributed by atoms with Gasteiger partial charge in [-0.3, -0.25) is 4.79 Å². The Morgan fingerprint density at radius 3 is 2.72 bits per heavy atom. The Kier molecular flexibility index (Phi) is 6.69. The fourth-order valence-electron chi connectivity index (χ4n) is 2.58. The van der Waals surface area contributed by atoms with E-state index in [-0.39, 0.29) is 0 Å². The first-order valence-corrected chi connectivity index (χ1v) is 7.59. The van der Waals surface area contributed by atoms with Gasteiger partial charge in [-0.2, -0.15) is 0 Å². The van der Waals surface area contributed by atoms with Crippen LogP contribution in [0.2, 0.25) is 0 Å². The van der Waals surface area contributed by atoms with Crippen molar-refractivity contribution >= 4 is 5.91 Å². The fraction of sp³-hybridized carbons (Fsp3) is 0.933. The highest BCUT2D eigenvalue weighted by Crippen LogP contribution is 2.19. The summed E-state index contributed by atoms with van der Waals surface area (Å²) < 4.78 is 0. The summed E-state index contributed by atoms with van der Waals surface area (Å²) in [5, 5.41) is 3.59. The standard InChI is InChI=1S/C15H30N2O/c1-5-8-16-14-7-9-17(11-13(14)4)15(18)10-12(3)6-2/h12-14,16H,5-11H2,1-4H3. The van der Waals surface area contributed by atoms with E-state index < -0.39 is 0 Å². The molecule has 0 aliphatic carbocycles. The van der Waals surface area contributed by atoms with Crippen LogP contribution < -0.4 is 5.32 Å². The highest BCUT2D eigenvalue weighted by atomic mass is 16.2. The predicted octanol–water partition coefficient (Wildman–Crippen LogP) is 2.66. The van der Waals surface area contributed by atoms with Crippen LogP contribution in [0.1, 0.15) is 53.4 Å². The molecule has 0 aromatic rings. The number of hydrogen-bond donors (Lipinski definition) is 1. The van der Waals surface area contributed by atoms with Crippen molar-refractivity contribution < 1.29 is 4.79 Å². The molecule has 1 heterocycles. The van der Waals surface area contributed by atoms with E-state index in [0.717, 1.165) is 38.9 Å². The number of likely N-dealkylation sites (tertiary alicyclic amines) is 1. The summed E-state index contributed by atoms with van der Waals surface area (Å²) in [5.41, 5.74) is 0. The summed E-state index contributed by atoms with van der Waals surface area (Å²) >= 11 is 0. The Labute approximate surface area is 112 Å². The molecular weight excluding hydrogens is 224 g/mol. The molecular formula is C15H30N2O. The van der Waals surface area contributed by atoms with Crippen LogP contribution in [0, 0.1) is 11.8 Å². The summed E-state index contributed by atoms with van der Waals surface area (Å²) in [5.74, 6) is 1.44. The lowest BCUT2D eigenvalue weighted by molar-refractivity contribution is -0.134. The van der Waals surface area contributed by atoms with E-state index in [1.54, 1.807) is 0 Å². The Morgan fingerprint density at radius 1 is 1.44 bits per heavy atom. The van der Waals surface area contributed by atoms with E-state index in [9.17, 15) is 4.79 Å². The zero-order chi connectivity index (χ0) is 13.5. The van der Waals surface area contributed by atoms with Crippen LogP contribution in [0.5, 0.6) is 0 Å². The van der Waals surface area contributed by atoms with Crippen molar-refractivity contribution in [2.24, 2.45) is 11.8 Å².